The number of hydrogen-bond donors (Lipinski definition) is 2. The Hall–Kier alpha value is -1.37. The second kappa shape index (κ2) is 5.31. The molecule has 0 saturated carbocycles. The van der Waals surface area contributed by atoms with E-state index >= 15 is 0 Å². The number of nitriles is 1. The van der Waals surface area contributed by atoms with E-state index in [9.17, 15) is 5.26 Å². The van der Waals surface area contributed by atoms with Crippen LogP contribution >= 0.6 is 0 Å². The van der Waals surface area contributed by atoms with Crippen LogP contribution in [-0.2, 0) is 0 Å². The SMILES string of the molecule is N#CC1(C(CN)c2ccccc2)CCNCC1. The highest BCUT2D eigenvalue weighted by molar-refractivity contribution is 5.26. The van der Waals surface area contributed by atoms with Gasteiger partial charge in [0.1, 0.15) is 0 Å². The summed E-state index contributed by atoms with van der Waals surface area (Å²) in [7, 11) is 0. The van der Waals surface area contributed by atoms with Gasteiger partial charge in [0.2, 0.25) is 0 Å². The minimum absolute atomic E-state index is 0.149. The largest absolute Gasteiger partial charge is 0.330 e. The molecule has 2 rings (SSSR count). The van der Waals surface area contributed by atoms with Crippen molar-refractivity contribution < 1.29 is 0 Å². The average molecular weight is 229 g/mol. The molecular weight excluding hydrogens is 210 g/mol. The Labute approximate surface area is 103 Å². The number of piperidine rings is 1. The summed E-state index contributed by atoms with van der Waals surface area (Å²) in [5, 5.41) is 12.9. The molecule has 1 atom stereocenters. The first kappa shape index (κ1) is 12.1. The maximum atomic E-state index is 9.57. The van der Waals surface area contributed by atoms with E-state index in [4.69, 9.17) is 5.73 Å². The smallest absolute Gasteiger partial charge is 0.0697 e. The monoisotopic (exact) mass is 229 g/mol. The highest BCUT2D eigenvalue weighted by Crippen LogP contribution is 2.41. The summed E-state index contributed by atoms with van der Waals surface area (Å²) >= 11 is 0. The minimum Gasteiger partial charge on any atom is -0.330 e. The van der Waals surface area contributed by atoms with Gasteiger partial charge in [-0.15, -0.1) is 0 Å². The third-order valence-electron chi connectivity index (χ3n) is 3.82. The zero-order valence-corrected chi connectivity index (χ0v) is 10.0. The summed E-state index contributed by atoms with van der Waals surface area (Å²) in [5.41, 5.74) is 6.83. The molecule has 3 heteroatoms. The zero-order chi connectivity index (χ0) is 12.1. The van der Waals surface area contributed by atoms with Crippen LogP contribution in [-0.4, -0.2) is 19.6 Å². The van der Waals surface area contributed by atoms with E-state index in [0.29, 0.717) is 6.54 Å². The normalized spacial score (nSPS) is 20.5. The van der Waals surface area contributed by atoms with Crippen molar-refractivity contribution in [3.05, 3.63) is 35.9 Å². The van der Waals surface area contributed by atoms with Crippen molar-refractivity contribution in [2.24, 2.45) is 11.1 Å². The van der Waals surface area contributed by atoms with Gasteiger partial charge in [-0.2, -0.15) is 5.26 Å². The van der Waals surface area contributed by atoms with Gasteiger partial charge >= 0.3 is 0 Å². The molecule has 0 radical (unpaired) electrons. The molecule has 0 aromatic heterocycles. The van der Waals surface area contributed by atoms with Crippen molar-refractivity contribution in [2.45, 2.75) is 18.8 Å². The van der Waals surface area contributed by atoms with Gasteiger partial charge in [-0.25, -0.2) is 0 Å². The van der Waals surface area contributed by atoms with E-state index in [1.807, 2.05) is 18.2 Å². The van der Waals surface area contributed by atoms with Crippen LogP contribution in [0, 0.1) is 16.7 Å². The van der Waals surface area contributed by atoms with Crippen molar-refractivity contribution >= 4 is 0 Å². The molecule has 0 amide bonds. The van der Waals surface area contributed by atoms with Gasteiger partial charge in [-0.3, -0.25) is 0 Å². The molecule has 3 nitrogen and oxygen atoms in total. The lowest BCUT2D eigenvalue weighted by Crippen LogP contribution is -2.42. The topological polar surface area (TPSA) is 61.8 Å². The number of nitrogens with one attached hydrogen (secondary N) is 1. The van der Waals surface area contributed by atoms with E-state index < -0.39 is 0 Å². The van der Waals surface area contributed by atoms with Gasteiger partial charge in [0, 0.05) is 12.5 Å². The first-order chi connectivity index (χ1) is 8.32. The molecule has 0 spiro atoms. The molecular formula is C14H19N3. The van der Waals surface area contributed by atoms with E-state index in [1.54, 1.807) is 0 Å². The van der Waals surface area contributed by atoms with Crippen LogP contribution < -0.4 is 11.1 Å². The van der Waals surface area contributed by atoms with Gasteiger partial charge in [0.15, 0.2) is 0 Å². The predicted molar refractivity (Wildman–Crippen MR) is 68.4 cm³/mol. The van der Waals surface area contributed by atoms with Crippen molar-refractivity contribution in [2.75, 3.05) is 19.6 Å². The van der Waals surface area contributed by atoms with Crippen LogP contribution in [0.5, 0.6) is 0 Å². The second-order valence-electron chi connectivity index (χ2n) is 4.72. The fourth-order valence-corrected chi connectivity index (χ4v) is 2.78. The molecule has 1 unspecified atom stereocenters. The number of benzene rings is 1. The fourth-order valence-electron chi connectivity index (χ4n) is 2.78. The third-order valence-corrected chi connectivity index (χ3v) is 3.82. The fraction of sp³-hybridized carbons (Fsp3) is 0.500. The Morgan fingerprint density at radius 1 is 1.29 bits per heavy atom. The highest BCUT2D eigenvalue weighted by atomic mass is 14.9. The van der Waals surface area contributed by atoms with E-state index in [0.717, 1.165) is 25.9 Å². The van der Waals surface area contributed by atoms with Crippen LogP contribution in [0.15, 0.2) is 30.3 Å². The van der Waals surface area contributed by atoms with Crippen LogP contribution in [0.4, 0.5) is 0 Å². The van der Waals surface area contributed by atoms with E-state index in [2.05, 4.69) is 23.5 Å². The Kier molecular flexibility index (Phi) is 3.78. The molecule has 1 saturated heterocycles. The van der Waals surface area contributed by atoms with Crippen LogP contribution in [0.1, 0.15) is 24.3 Å². The summed E-state index contributed by atoms with van der Waals surface area (Å²) < 4.78 is 0. The van der Waals surface area contributed by atoms with Gasteiger partial charge in [0.05, 0.1) is 11.5 Å². The average Bonchev–Trinajstić information content (AvgIpc) is 2.42. The van der Waals surface area contributed by atoms with Crippen LogP contribution in [0.2, 0.25) is 0 Å². The Morgan fingerprint density at radius 3 is 2.47 bits per heavy atom. The maximum absolute atomic E-state index is 9.57. The molecule has 1 aromatic rings. The van der Waals surface area contributed by atoms with Crippen molar-refractivity contribution in [1.29, 1.82) is 5.26 Å². The Balaban J connectivity index is 2.31. The number of rotatable bonds is 3. The lowest BCUT2D eigenvalue weighted by molar-refractivity contribution is 0.231. The van der Waals surface area contributed by atoms with Gasteiger partial charge in [0.25, 0.3) is 0 Å². The first-order valence-corrected chi connectivity index (χ1v) is 6.19. The molecule has 1 aliphatic rings. The number of nitrogens with two attached hydrogens (primary N) is 1. The molecule has 3 N–H and O–H groups in total. The summed E-state index contributed by atoms with van der Waals surface area (Å²) in [6, 6.07) is 12.7. The molecule has 0 bridgehead atoms. The molecule has 1 aromatic carbocycles. The van der Waals surface area contributed by atoms with Gasteiger partial charge < -0.3 is 11.1 Å². The van der Waals surface area contributed by atoms with Crippen LogP contribution in [0.3, 0.4) is 0 Å². The Morgan fingerprint density at radius 2 is 1.94 bits per heavy atom. The second-order valence-corrected chi connectivity index (χ2v) is 4.72. The molecule has 17 heavy (non-hydrogen) atoms. The summed E-state index contributed by atoms with van der Waals surface area (Å²) in [6.45, 7) is 2.37. The Bertz CT molecular complexity index is 388. The molecule has 1 fully saturated rings. The third kappa shape index (κ3) is 2.33. The summed E-state index contributed by atoms with van der Waals surface area (Å²) in [6.07, 6.45) is 1.78. The van der Waals surface area contributed by atoms with E-state index in [-0.39, 0.29) is 11.3 Å². The standard InChI is InChI=1S/C14H19N3/c15-10-13(12-4-2-1-3-5-12)14(11-16)6-8-17-9-7-14/h1-5,13,17H,6-10,15H2. The summed E-state index contributed by atoms with van der Waals surface area (Å²) in [5.74, 6) is 0.149. The first-order valence-electron chi connectivity index (χ1n) is 6.19. The zero-order valence-electron chi connectivity index (χ0n) is 10.0. The van der Waals surface area contributed by atoms with Crippen molar-refractivity contribution in [3.8, 4) is 6.07 Å². The quantitative estimate of drug-likeness (QED) is 0.828. The van der Waals surface area contributed by atoms with Gasteiger partial charge in [-0.1, -0.05) is 30.3 Å². The van der Waals surface area contributed by atoms with Crippen LogP contribution in [0.25, 0.3) is 0 Å². The predicted octanol–water partition coefficient (Wildman–Crippen LogP) is 1.62. The number of hydrogen-bond acceptors (Lipinski definition) is 3. The van der Waals surface area contributed by atoms with Gasteiger partial charge in [-0.05, 0) is 31.5 Å². The molecule has 0 aliphatic carbocycles. The lowest BCUT2D eigenvalue weighted by Gasteiger charge is -2.38. The van der Waals surface area contributed by atoms with Crippen molar-refractivity contribution in [1.82, 2.24) is 5.32 Å². The van der Waals surface area contributed by atoms with E-state index in [1.165, 1.54) is 5.56 Å². The number of nitrogens with zero attached hydrogens (tertiary/aromatic N) is 1. The van der Waals surface area contributed by atoms with Crippen molar-refractivity contribution in [3.63, 3.8) is 0 Å². The molecule has 1 aliphatic heterocycles. The summed E-state index contributed by atoms with van der Waals surface area (Å²) in [4.78, 5) is 0. The highest BCUT2D eigenvalue weighted by Gasteiger charge is 2.40. The maximum Gasteiger partial charge on any atom is 0.0697 e. The minimum atomic E-state index is -0.290. The molecule has 1 heterocycles. The molecule has 90 valence electrons. The lowest BCUT2D eigenvalue weighted by atomic mass is 9.67.